The van der Waals surface area contributed by atoms with E-state index in [1.165, 1.54) is 7.11 Å². The molecule has 33 heavy (non-hydrogen) atoms. The highest BCUT2D eigenvalue weighted by atomic mass is 32.2. The number of hydrogen-bond acceptors (Lipinski definition) is 5. The van der Waals surface area contributed by atoms with Crippen LogP contribution >= 0.6 is 0 Å². The number of rotatable bonds is 6. The van der Waals surface area contributed by atoms with Crippen molar-refractivity contribution in [2.24, 2.45) is 5.92 Å². The number of aromatic nitrogens is 1. The lowest BCUT2D eigenvalue weighted by molar-refractivity contribution is -0.149. The quantitative estimate of drug-likeness (QED) is 0.518. The summed E-state index contributed by atoms with van der Waals surface area (Å²) in [4.78, 5) is 26.7. The van der Waals surface area contributed by atoms with Crippen molar-refractivity contribution in [3.8, 4) is 0 Å². The largest absolute Gasteiger partial charge is 0.469 e. The smallest absolute Gasteiger partial charge is 0.308 e. The summed E-state index contributed by atoms with van der Waals surface area (Å²) in [6.45, 7) is 2.97. The first-order valence-corrected chi connectivity index (χ1v) is 12.7. The lowest BCUT2D eigenvalue weighted by atomic mass is 9.97. The maximum Gasteiger partial charge on any atom is 0.308 e. The molecule has 2 heterocycles. The fourth-order valence-corrected chi connectivity index (χ4v) is 5.93. The predicted octanol–water partition coefficient (Wildman–Crippen LogP) is 3.34. The molecule has 2 aromatic carbocycles. The normalized spacial score (nSPS) is 15.0. The number of methoxy groups -OCH3 is 1. The summed E-state index contributed by atoms with van der Waals surface area (Å²) in [7, 11) is -2.23. The van der Waals surface area contributed by atoms with Gasteiger partial charge in [-0.05, 0) is 31.4 Å². The Hall–Kier alpha value is -3.13. The van der Waals surface area contributed by atoms with Gasteiger partial charge in [0.25, 0.3) is 0 Å². The number of carbonyl (C=O) groups excluding carboxylic acids is 2. The Balaban J connectivity index is 1.55. The van der Waals surface area contributed by atoms with Crippen molar-refractivity contribution in [1.82, 2.24) is 9.47 Å². The Labute approximate surface area is 193 Å². The van der Waals surface area contributed by atoms with Crippen LogP contribution in [0.3, 0.4) is 0 Å². The molecule has 1 saturated heterocycles. The third-order valence-corrected chi connectivity index (χ3v) is 7.96. The Morgan fingerprint density at radius 1 is 1.03 bits per heavy atom. The van der Waals surface area contributed by atoms with E-state index in [4.69, 9.17) is 4.74 Å². The average Bonchev–Trinajstić information content (AvgIpc) is 3.19. The van der Waals surface area contributed by atoms with Crippen LogP contribution in [0.1, 0.15) is 24.0 Å². The van der Waals surface area contributed by atoms with E-state index in [0.29, 0.717) is 36.8 Å². The van der Waals surface area contributed by atoms with E-state index in [2.05, 4.69) is 0 Å². The highest BCUT2D eigenvalue weighted by Gasteiger charge is 2.29. The zero-order valence-corrected chi connectivity index (χ0v) is 19.7. The molecule has 3 aromatic rings. The van der Waals surface area contributed by atoms with Crippen LogP contribution in [0.5, 0.6) is 0 Å². The number of sulfone groups is 1. The fourth-order valence-electron chi connectivity index (χ4n) is 4.35. The van der Waals surface area contributed by atoms with Crippen LogP contribution in [0, 0.1) is 12.8 Å². The van der Waals surface area contributed by atoms with Crippen molar-refractivity contribution in [1.29, 1.82) is 0 Å². The highest BCUT2D eigenvalue weighted by molar-refractivity contribution is 7.90. The van der Waals surface area contributed by atoms with E-state index in [1.54, 1.807) is 27.8 Å². The molecule has 0 unspecified atom stereocenters. The van der Waals surface area contributed by atoms with Gasteiger partial charge in [-0.2, -0.15) is 0 Å². The number of nitrogens with zero attached hydrogens (tertiary/aromatic N) is 2. The van der Waals surface area contributed by atoms with E-state index in [9.17, 15) is 18.0 Å². The van der Waals surface area contributed by atoms with Gasteiger partial charge in [0.05, 0.1) is 23.7 Å². The molecular weight excluding hydrogens is 440 g/mol. The van der Waals surface area contributed by atoms with E-state index < -0.39 is 9.84 Å². The van der Waals surface area contributed by atoms with Crippen molar-refractivity contribution in [2.45, 2.75) is 37.0 Å². The van der Waals surface area contributed by atoms with E-state index in [-0.39, 0.29) is 35.0 Å². The topological polar surface area (TPSA) is 85.7 Å². The third-order valence-electron chi connectivity index (χ3n) is 6.25. The lowest BCUT2D eigenvalue weighted by Crippen LogP contribution is -2.41. The van der Waals surface area contributed by atoms with Crippen molar-refractivity contribution in [3.63, 3.8) is 0 Å². The summed E-state index contributed by atoms with van der Waals surface area (Å²) in [6.07, 6.45) is 2.72. The number of likely N-dealkylation sites (tertiary alicyclic amines) is 1. The molecule has 0 radical (unpaired) electrons. The summed E-state index contributed by atoms with van der Waals surface area (Å²) in [5.74, 6) is -0.607. The van der Waals surface area contributed by atoms with E-state index in [0.717, 1.165) is 11.1 Å². The minimum atomic E-state index is -3.61. The molecule has 174 valence electrons. The van der Waals surface area contributed by atoms with E-state index in [1.807, 2.05) is 43.3 Å². The van der Waals surface area contributed by atoms with Gasteiger partial charge in [0.1, 0.15) is 6.54 Å². The van der Waals surface area contributed by atoms with Gasteiger partial charge in [-0.15, -0.1) is 0 Å². The summed E-state index contributed by atoms with van der Waals surface area (Å²) in [5, 5.41) is 0.613. The maximum absolute atomic E-state index is 13.3. The Morgan fingerprint density at radius 2 is 1.70 bits per heavy atom. The molecule has 1 aromatic heterocycles. The van der Waals surface area contributed by atoms with Crippen molar-refractivity contribution in [2.75, 3.05) is 20.2 Å². The lowest BCUT2D eigenvalue weighted by Gasteiger charge is -2.30. The molecule has 1 aliphatic heterocycles. The van der Waals surface area contributed by atoms with Gasteiger partial charge in [-0.1, -0.05) is 48.0 Å². The van der Waals surface area contributed by atoms with Crippen molar-refractivity contribution < 1.29 is 22.7 Å². The van der Waals surface area contributed by atoms with Gasteiger partial charge in [0, 0.05) is 30.2 Å². The minimum absolute atomic E-state index is 0.0451. The third kappa shape index (κ3) is 4.95. The van der Waals surface area contributed by atoms with Gasteiger partial charge >= 0.3 is 5.97 Å². The standard InChI is InChI=1S/C25H28N2O5S/c1-18-7-9-19(10-8-18)17-33(30,31)23-15-27(22-6-4-3-5-21(22)23)16-24(28)26-13-11-20(12-14-26)25(29)32-2/h3-10,15,20H,11-14,16-17H2,1-2H3. The summed E-state index contributed by atoms with van der Waals surface area (Å²) >= 11 is 0. The molecule has 0 N–H and O–H groups in total. The number of fused-ring (bicyclic) bond motifs is 1. The van der Waals surface area contributed by atoms with Gasteiger partial charge in [0.2, 0.25) is 5.91 Å². The molecule has 1 fully saturated rings. The molecule has 7 nitrogen and oxygen atoms in total. The minimum Gasteiger partial charge on any atom is -0.469 e. The first-order valence-electron chi connectivity index (χ1n) is 11.0. The van der Waals surface area contributed by atoms with Gasteiger partial charge in [0.15, 0.2) is 9.84 Å². The molecular formula is C25H28N2O5S. The first-order chi connectivity index (χ1) is 15.8. The number of ether oxygens (including phenoxy) is 1. The molecule has 0 atom stereocenters. The van der Waals surface area contributed by atoms with Crippen LogP contribution in [-0.2, 0) is 36.5 Å². The summed E-state index contributed by atoms with van der Waals surface area (Å²) in [5.41, 5.74) is 2.50. The fraction of sp³-hybridized carbons (Fsp3) is 0.360. The molecule has 1 aliphatic rings. The van der Waals surface area contributed by atoms with Crippen LogP contribution in [-0.4, -0.2) is 50.0 Å². The molecule has 0 saturated carbocycles. The van der Waals surface area contributed by atoms with Crippen LogP contribution < -0.4 is 0 Å². The second-order valence-corrected chi connectivity index (χ2v) is 10.5. The molecule has 1 amide bonds. The average molecular weight is 469 g/mol. The SMILES string of the molecule is COC(=O)C1CCN(C(=O)Cn2cc(S(=O)(=O)Cc3ccc(C)cc3)c3ccccc32)CC1. The molecule has 4 rings (SSSR count). The molecule has 0 spiro atoms. The predicted molar refractivity (Wildman–Crippen MR) is 125 cm³/mol. The maximum atomic E-state index is 13.3. The number of carbonyl (C=O) groups is 2. The Bertz CT molecular complexity index is 1270. The molecule has 0 bridgehead atoms. The van der Waals surface area contributed by atoms with E-state index >= 15 is 0 Å². The number of benzene rings is 2. The van der Waals surface area contributed by atoms with Crippen LogP contribution in [0.15, 0.2) is 59.6 Å². The van der Waals surface area contributed by atoms with Crippen LogP contribution in [0.4, 0.5) is 0 Å². The molecule has 8 heteroatoms. The van der Waals surface area contributed by atoms with Gasteiger partial charge in [-0.3, -0.25) is 9.59 Å². The summed E-state index contributed by atoms with van der Waals surface area (Å²) < 4.78 is 33.1. The number of para-hydroxylation sites is 1. The number of piperidine rings is 1. The highest BCUT2D eigenvalue weighted by Crippen LogP contribution is 2.28. The number of amides is 1. The van der Waals surface area contributed by atoms with Crippen LogP contribution in [0.2, 0.25) is 0 Å². The number of aryl methyl sites for hydroxylation is 1. The molecule has 0 aliphatic carbocycles. The summed E-state index contributed by atoms with van der Waals surface area (Å²) in [6, 6.07) is 14.7. The van der Waals surface area contributed by atoms with Gasteiger partial charge in [-0.25, -0.2) is 8.42 Å². The number of esters is 1. The Kier molecular flexibility index (Phi) is 6.56. The second-order valence-electron chi connectivity index (χ2n) is 8.56. The second kappa shape index (κ2) is 9.39. The monoisotopic (exact) mass is 468 g/mol. The zero-order valence-electron chi connectivity index (χ0n) is 18.9. The number of hydrogen-bond donors (Lipinski definition) is 0. The Morgan fingerprint density at radius 3 is 2.36 bits per heavy atom. The first kappa shape index (κ1) is 23.0. The zero-order chi connectivity index (χ0) is 23.6. The van der Waals surface area contributed by atoms with Crippen molar-refractivity contribution in [3.05, 3.63) is 65.9 Å². The van der Waals surface area contributed by atoms with Crippen LogP contribution in [0.25, 0.3) is 10.9 Å². The van der Waals surface area contributed by atoms with Gasteiger partial charge < -0.3 is 14.2 Å². The van der Waals surface area contributed by atoms with Crippen molar-refractivity contribution >= 4 is 32.6 Å².